The van der Waals surface area contributed by atoms with Gasteiger partial charge in [0.05, 0.1) is 16.6 Å². The van der Waals surface area contributed by atoms with Crippen molar-refractivity contribution < 1.29 is 13.8 Å². The molecule has 0 spiro atoms. The zero-order chi connectivity index (χ0) is 22.1. The number of hydrogen-bond acceptors (Lipinski definition) is 3. The summed E-state index contributed by atoms with van der Waals surface area (Å²) in [6.07, 6.45) is 5.32. The predicted octanol–water partition coefficient (Wildman–Crippen LogP) is 3.79. The first-order chi connectivity index (χ1) is 15.1. The molecule has 1 aliphatic rings. The molecule has 3 rings (SSSR count). The van der Waals surface area contributed by atoms with E-state index in [2.05, 4.69) is 45.5 Å². The average molecular weight is 505 g/mol. The number of rotatable bonds is 12. The predicted molar refractivity (Wildman–Crippen MR) is 128 cm³/mol. The van der Waals surface area contributed by atoms with E-state index in [1.807, 2.05) is 36.4 Å². The molecule has 1 fully saturated rings. The highest BCUT2D eigenvalue weighted by Gasteiger charge is 2.49. The molecule has 1 heterocycles. The van der Waals surface area contributed by atoms with E-state index < -0.39 is 21.0 Å². The molecule has 31 heavy (non-hydrogen) atoms. The molecule has 0 saturated carbocycles. The van der Waals surface area contributed by atoms with Gasteiger partial charge in [-0.15, -0.1) is 0 Å². The number of hydrogen-bond donors (Lipinski definition) is 1. The molecule has 1 saturated heterocycles. The number of carbonyl (C=O) groups is 2. The van der Waals surface area contributed by atoms with Crippen LogP contribution in [0.1, 0.15) is 36.8 Å². The summed E-state index contributed by atoms with van der Waals surface area (Å²) in [4.78, 5) is 25.4. The third-order valence-electron chi connectivity index (χ3n) is 5.37. The van der Waals surface area contributed by atoms with Crippen LogP contribution < -0.4 is 5.32 Å². The van der Waals surface area contributed by atoms with Gasteiger partial charge in [0.1, 0.15) is 16.7 Å². The minimum atomic E-state index is -1.28. The molecule has 2 aromatic rings. The van der Waals surface area contributed by atoms with E-state index in [4.69, 9.17) is 0 Å². The molecule has 0 aromatic heterocycles. The van der Waals surface area contributed by atoms with Gasteiger partial charge in [-0.05, 0) is 30.4 Å². The fraction of sp³-hybridized carbons (Fsp3) is 0.417. The smallest absolute Gasteiger partial charge is 0.240 e. The molecule has 3 atom stereocenters. The van der Waals surface area contributed by atoms with Gasteiger partial charge in [0, 0.05) is 6.54 Å². The molecular formula is C24H29BrN2O3S. The molecule has 0 radical (unpaired) electrons. The van der Waals surface area contributed by atoms with E-state index in [0.29, 0.717) is 12.3 Å². The van der Waals surface area contributed by atoms with Crippen molar-refractivity contribution in [2.45, 2.75) is 48.1 Å². The van der Waals surface area contributed by atoms with Crippen LogP contribution in [0, 0.1) is 0 Å². The van der Waals surface area contributed by atoms with Crippen molar-refractivity contribution in [2.24, 2.45) is 0 Å². The third-order valence-corrected chi connectivity index (χ3v) is 8.29. The normalized spacial score (nSPS) is 19.0. The van der Waals surface area contributed by atoms with E-state index in [1.165, 1.54) is 10.5 Å². The summed E-state index contributed by atoms with van der Waals surface area (Å²) >= 11 is 3.33. The summed E-state index contributed by atoms with van der Waals surface area (Å²) in [6.45, 7) is 0.557. The Morgan fingerprint density at radius 1 is 0.935 bits per heavy atom. The zero-order valence-corrected chi connectivity index (χ0v) is 19.9. The van der Waals surface area contributed by atoms with Gasteiger partial charge in [-0.3, -0.25) is 13.8 Å². The number of halogens is 1. The third kappa shape index (κ3) is 7.01. The lowest BCUT2D eigenvalue weighted by molar-refractivity contribution is -0.144. The van der Waals surface area contributed by atoms with Crippen molar-refractivity contribution in [3.8, 4) is 0 Å². The van der Waals surface area contributed by atoms with E-state index in [1.54, 1.807) is 0 Å². The van der Waals surface area contributed by atoms with Gasteiger partial charge < -0.3 is 10.2 Å². The number of nitrogens with one attached hydrogen (secondary N) is 1. The average Bonchev–Trinajstić information content (AvgIpc) is 2.79. The number of nitrogens with zero attached hydrogens (tertiary/aromatic N) is 1. The molecule has 1 aliphatic heterocycles. The highest BCUT2D eigenvalue weighted by Crippen LogP contribution is 2.30. The van der Waals surface area contributed by atoms with Crippen LogP contribution in [-0.2, 0) is 32.6 Å². The Bertz CT molecular complexity index is 879. The number of carbonyl (C=O) groups excluding carboxylic acids is 2. The highest BCUT2D eigenvalue weighted by molar-refractivity contribution is 9.10. The zero-order valence-electron chi connectivity index (χ0n) is 17.5. The molecule has 5 nitrogen and oxygen atoms in total. The van der Waals surface area contributed by atoms with Gasteiger partial charge in [0.15, 0.2) is 0 Å². The van der Waals surface area contributed by atoms with Crippen LogP contribution in [0.25, 0.3) is 0 Å². The summed E-state index contributed by atoms with van der Waals surface area (Å²) in [5, 5.41) is 2.41. The molecule has 1 N–H and O–H groups in total. The van der Waals surface area contributed by atoms with E-state index in [-0.39, 0.29) is 18.4 Å². The summed E-state index contributed by atoms with van der Waals surface area (Å²) in [6, 6.07) is 20.0. The quantitative estimate of drug-likeness (QED) is 0.271. The lowest BCUT2D eigenvalue weighted by Crippen LogP contribution is -2.65. The monoisotopic (exact) mass is 504 g/mol. The summed E-state index contributed by atoms with van der Waals surface area (Å²) in [5.41, 5.74) is 2.32. The largest absolute Gasteiger partial charge is 0.355 e. The van der Waals surface area contributed by atoms with E-state index in [0.717, 1.165) is 37.7 Å². The van der Waals surface area contributed by atoms with Crippen LogP contribution in [-0.4, -0.2) is 44.2 Å². The summed E-state index contributed by atoms with van der Waals surface area (Å²) in [7, 11) is -1.28. The fourth-order valence-electron chi connectivity index (χ4n) is 3.64. The number of alkyl halides is 1. The molecule has 2 amide bonds. The molecule has 2 aromatic carbocycles. The first-order valence-electron chi connectivity index (χ1n) is 10.7. The number of benzene rings is 2. The maximum atomic E-state index is 12.8. The second-order valence-corrected chi connectivity index (χ2v) is 10.3. The Kier molecular flexibility index (Phi) is 9.28. The first-order valence-corrected chi connectivity index (χ1v) is 13.0. The Labute approximate surface area is 195 Å². The van der Waals surface area contributed by atoms with Crippen molar-refractivity contribution in [3.05, 3.63) is 71.8 Å². The minimum Gasteiger partial charge on any atom is -0.355 e. The molecule has 0 bridgehead atoms. The number of unbranched alkanes of at least 4 members (excludes halogenated alkanes) is 3. The Hall–Kier alpha value is -1.99. The topological polar surface area (TPSA) is 66.5 Å². The summed E-state index contributed by atoms with van der Waals surface area (Å²) in [5.74, 6) is -0.0108. The van der Waals surface area contributed by atoms with Crippen molar-refractivity contribution in [3.63, 3.8) is 0 Å². The lowest BCUT2D eigenvalue weighted by atomic mass is 10.1. The molecule has 7 heteroatoms. The molecule has 166 valence electrons. The van der Waals surface area contributed by atoms with E-state index in [9.17, 15) is 13.8 Å². The van der Waals surface area contributed by atoms with Crippen molar-refractivity contribution in [1.29, 1.82) is 0 Å². The highest BCUT2D eigenvalue weighted by atomic mass is 79.9. The van der Waals surface area contributed by atoms with Gasteiger partial charge in [0.25, 0.3) is 0 Å². The van der Waals surface area contributed by atoms with Gasteiger partial charge in [0.2, 0.25) is 11.8 Å². The summed E-state index contributed by atoms with van der Waals surface area (Å²) < 4.78 is 12.8. The molecular weight excluding hydrogens is 476 g/mol. The van der Waals surface area contributed by atoms with Gasteiger partial charge in [-0.2, -0.15) is 0 Å². The van der Waals surface area contributed by atoms with Crippen LogP contribution >= 0.6 is 15.9 Å². The Balaban J connectivity index is 1.33. The van der Waals surface area contributed by atoms with Crippen LogP contribution in [0.4, 0.5) is 0 Å². The van der Waals surface area contributed by atoms with Gasteiger partial charge in [-0.25, -0.2) is 0 Å². The number of likely N-dealkylation sites (tertiary alicyclic amines) is 1. The second-order valence-electron chi connectivity index (χ2n) is 7.77. The van der Waals surface area contributed by atoms with Crippen LogP contribution in [0.5, 0.6) is 0 Å². The second kappa shape index (κ2) is 12.2. The maximum absolute atomic E-state index is 12.8. The minimum absolute atomic E-state index is 0.0415. The Morgan fingerprint density at radius 2 is 1.55 bits per heavy atom. The van der Waals surface area contributed by atoms with Crippen molar-refractivity contribution in [1.82, 2.24) is 10.2 Å². The maximum Gasteiger partial charge on any atom is 0.240 e. The Morgan fingerprint density at radius 3 is 2.23 bits per heavy atom. The van der Waals surface area contributed by atoms with Gasteiger partial charge >= 0.3 is 0 Å². The van der Waals surface area contributed by atoms with Crippen LogP contribution in [0.2, 0.25) is 0 Å². The van der Waals surface area contributed by atoms with Crippen molar-refractivity contribution >= 4 is 38.5 Å². The first kappa shape index (κ1) is 23.7. The fourth-order valence-corrected chi connectivity index (χ4v) is 6.45. The van der Waals surface area contributed by atoms with Crippen LogP contribution in [0.15, 0.2) is 60.7 Å². The van der Waals surface area contributed by atoms with Crippen molar-refractivity contribution in [2.75, 3.05) is 13.1 Å². The molecule has 0 aliphatic carbocycles. The van der Waals surface area contributed by atoms with Gasteiger partial charge in [-0.1, -0.05) is 89.4 Å². The standard InChI is InChI=1S/C24H29BrN2O3S/c25-22-23(29)27(24(22)31(30)18-20-14-8-4-9-15-20)17-21(28)26-16-10-2-1-5-11-19-12-6-3-7-13-19/h3-4,6-9,12-15,22,24H,1-2,5,10-11,16-18H2,(H,26,28)/t22?,24-,31?/m1/s1. The lowest BCUT2D eigenvalue weighted by Gasteiger charge is -2.43. The molecule has 2 unspecified atom stereocenters. The SMILES string of the molecule is O=C(CN1C(=O)C(Br)[C@H]1S(=O)Cc1ccccc1)NCCCCCCc1ccccc1. The number of amides is 2. The van der Waals surface area contributed by atoms with Crippen LogP contribution in [0.3, 0.4) is 0 Å². The number of aryl methyl sites for hydroxylation is 1. The van der Waals surface area contributed by atoms with E-state index >= 15 is 0 Å². The number of β-lactam (4-membered cyclic amide) rings is 1.